The minimum Gasteiger partial charge on any atom is -0.493 e. The van der Waals surface area contributed by atoms with Gasteiger partial charge >= 0.3 is 0 Å². The summed E-state index contributed by atoms with van der Waals surface area (Å²) in [5.41, 5.74) is 2.60. The van der Waals surface area contributed by atoms with Crippen molar-refractivity contribution in [1.29, 1.82) is 0 Å². The normalized spacial score (nSPS) is 13.2. The van der Waals surface area contributed by atoms with Gasteiger partial charge in [-0.25, -0.2) is 9.97 Å². The van der Waals surface area contributed by atoms with Gasteiger partial charge in [0.05, 0.1) is 26.6 Å². The molecule has 1 aliphatic heterocycles. The summed E-state index contributed by atoms with van der Waals surface area (Å²) >= 11 is 0. The Labute approximate surface area is 166 Å². The van der Waals surface area contributed by atoms with Gasteiger partial charge in [-0.1, -0.05) is 13.8 Å². The van der Waals surface area contributed by atoms with Crippen LogP contribution < -0.4 is 14.8 Å². The summed E-state index contributed by atoms with van der Waals surface area (Å²) in [6, 6.07) is 3.94. The summed E-state index contributed by atoms with van der Waals surface area (Å²) in [7, 11) is 3.24. The fraction of sp³-hybridized carbons (Fsp3) is 0.476. The SMILES string of the molecule is COc1cc2c(cc1OC)CN(C(=O)c1cnc(NCCC(C)C)cn1)CC2. The maximum atomic E-state index is 12.8. The molecule has 0 bridgehead atoms. The third kappa shape index (κ3) is 4.52. The number of amides is 1. The van der Waals surface area contributed by atoms with Crippen LogP contribution in [0.1, 0.15) is 41.9 Å². The van der Waals surface area contributed by atoms with Gasteiger partial charge < -0.3 is 19.7 Å². The average molecular weight is 384 g/mol. The molecule has 0 unspecified atom stereocenters. The lowest BCUT2D eigenvalue weighted by Crippen LogP contribution is -2.36. The molecule has 0 spiro atoms. The van der Waals surface area contributed by atoms with Gasteiger partial charge in [-0.3, -0.25) is 4.79 Å². The number of anilines is 1. The molecule has 150 valence electrons. The number of ether oxygens (including phenoxy) is 2. The lowest BCUT2D eigenvalue weighted by atomic mass is 9.98. The third-order valence-electron chi connectivity index (χ3n) is 4.90. The van der Waals surface area contributed by atoms with Gasteiger partial charge in [-0.05, 0) is 42.0 Å². The number of nitrogens with one attached hydrogen (secondary N) is 1. The number of methoxy groups -OCH3 is 2. The molecule has 1 aliphatic rings. The quantitative estimate of drug-likeness (QED) is 0.790. The highest BCUT2D eigenvalue weighted by Crippen LogP contribution is 2.33. The largest absolute Gasteiger partial charge is 0.493 e. The van der Waals surface area contributed by atoms with Crippen molar-refractivity contribution in [2.75, 3.05) is 32.6 Å². The van der Waals surface area contributed by atoms with Gasteiger partial charge in [0.1, 0.15) is 11.5 Å². The fourth-order valence-electron chi connectivity index (χ4n) is 3.24. The Kier molecular flexibility index (Phi) is 6.34. The minimum absolute atomic E-state index is 0.110. The van der Waals surface area contributed by atoms with Crippen molar-refractivity contribution in [3.05, 3.63) is 41.3 Å². The number of rotatable bonds is 7. The first kappa shape index (κ1) is 19.9. The van der Waals surface area contributed by atoms with E-state index in [1.54, 1.807) is 31.5 Å². The summed E-state index contributed by atoms with van der Waals surface area (Å²) in [6.45, 7) is 6.35. The van der Waals surface area contributed by atoms with Gasteiger partial charge in [-0.15, -0.1) is 0 Å². The average Bonchev–Trinajstić information content (AvgIpc) is 2.72. The highest BCUT2D eigenvalue weighted by atomic mass is 16.5. The second-order valence-electron chi connectivity index (χ2n) is 7.35. The van der Waals surface area contributed by atoms with Gasteiger partial charge in [0, 0.05) is 19.6 Å². The second kappa shape index (κ2) is 8.91. The first-order chi connectivity index (χ1) is 13.5. The van der Waals surface area contributed by atoms with Crippen LogP contribution in [-0.2, 0) is 13.0 Å². The highest BCUT2D eigenvalue weighted by Gasteiger charge is 2.24. The summed E-state index contributed by atoms with van der Waals surface area (Å²) < 4.78 is 10.8. The van der Waals surface area contributed by atoms with E-state index in [2.05, 4.69) is 29.1 Å². The van der Waals surface area contributed by atoms with E-state index >= 15 is 0 Å². The molecule has 7 heteroatoms. The van der Waals surface area contributed by atoms with Crippen LogP contribution in [0.2, 0.25) is 0 Å². The van der Waals surface area contributed by atoms with Crippen LogP contribution >= 0.6 is 0 Å². The molecule has 2 aromatic rings. The van der Waals surface area contributed by atoms with Crippen LogP contribution in [0.15, 0.2) is 24.5 Å². The molecule has 0 saturated heterocycles. The van der Waals surface area contributed by atoms with Crippen molar-refractivity contribution >= 4 is 11.7 Å². The smallest absolute Gasteiger partial charge is 0.274 e. The summed E-state index contributed by atoms with van der Waals surface area (Å²) in [4.78, 5) is 23.3. The number of benzene rings is 1. The van der Waals surface area contributed by atoms with Crippen molar-refractivity contribution in [3.63, 3.8) is 0 Å². The lowest BCUT2D eigenvalue weighted by Gasteiger charge is -2.29. The Hall–Kier alpha value is -2.83. The molecule has 0 fully saturated rings. The number of aromatic nitrogens is 2. The molecule has 1 aromatic heterocycles. The first-order valence-corrected chi connectivity index (χ1v) is 9.60. The van der Waals surface area contributed by atoms with E-state index in [0.29, 0.717) is 42.0 Å². The molecule has 0 aliphatic carbocycles. The van der Waals surface area contributed by atoms with Gasteiger partial charge in [0.2, 0.25) is 0 Å². The molecule has 1 amide bonds. The third-order valence-corrected chi connectivity index (χ3v) is 4.90. The maximum Gasteiger partial charge on any atom is 0.274 e. The Morgan fingerprint density at radius 3 is 2.46 bits per heavy atom. The van der Waals surface area contributed by atoms with Crippen LogP contribution in [0.4, 0.5) is 5.82 Å². The van der Waals surface area contributed by atoms with Gasteiger partial charge in [0.25, 0.3) is 5.91 Å². The first-order valence-electron chi connectivity index (χ1n) is 9.60. The topological polar surface area (TPSA) is 76.6 Å². The second-order valence-corrected chi connectivity index (χ2v) is 7.35. The Morgan fingerprint density at radius 1 is 1.14 bits per heavy atom. The molecule has 1 aromatic carbocycles. The number of carbonyl (C=O) groups is 1. The zero-order valence-corrected chi connectivity index (χ0v) is 17.0. The van der Waals surface area contributed by atoms with Gasteiger partial charge in [0.15, 0.2) is 11.5 Å². The molecule has 7 nitrogen and oxygen atoms in total. The molecule has 3 rings (SSSR count). The molecule has 2 heterocycles. The van der Waals surface area contributed by atoms with Crippen molar-refractivity contribution in [2.45, 2.75) is 33.2 Å². The zero-order valence-electron chi connectivity index (χ0n) is 17.0. The van der Waals surface area contributed by atoms with E-state index in [1.165, 1.54) is 5.56 Å². The molecular formula is C21H28N4O3. The number of fused-ring (bicyclic) bond motifs is 1. The Morgan fingerprint density at radius 2 is 1.86 bits per heavy atom. The summed E-state index contributed by atoms with van der Waals surface area (Å²) in [6.07, 6.45) is 5.00. The summed E-state index contributed by atoms with van der Waals surface area (Å²) in [5.74, 6) is 2.60. The monoisotopic (exact) mass is 384 g/mol. The summed E-state index contributed by atoms with van der Waals surface area (Å²) in [5, 5.41) is 3.23. The van der Waals surface area contributed by atoms with Crippen molar-refractivity contribution in [3.8, 4) is 11.5 Å². The van der Waals surface area contributed by atoms with Crippen molar-refractivity contribution < 1.29 is 14.3 Å². The molecule has 0 atom stereocenters. The van der Waals surface area contributed by atoms with Crippen LogP contribution in [0.25, 0.3) is 0 Å². The van der Waals surface area contributed by atoms with E-state index in [0.717, 1.165) is 24.9 Å². The lowest BCUT2D eigenvalue weighted by molar-refractivity contribution is 0.0728. The van der Waals surface area contributed by atoms with Crippen LogP contribution in [0, 0.1) is 5.92 Å². The highest BCUT2D eigenvalue weighted by molar-refractivity contribution is 5.92. The van der Waals surface area contributed by atoms with E-state index in [4.69, 9.17) is 9.47 Å². The number of nitrogens with zero attached hydrogens (tertiary/aromatic N) is 3. The van der Waals surface area contributed by atoms with Crippen LogP contribution in [0.5, 0.6) is 11.5 Å². The van der Waals surface area contributed by atoms with Crippen molar-refractivity contribution in [2.24, 2.45) is 5.92 Å². The predicted molar refractivity (Wildman–Crippen MR) is 108 cm³/mol. The Balaban J connectivity index is 1.67. The molecule has 28 heavy (non-hydrogen) atoms. The predicted octanol–water partition coefficient (Wildman–Crippen LogP) is 3.15. The fourth-order valence-corrected chi connectivity index (χ4v) is 3.24. The number of hydrogen-bond acceptors (Lipinski definition) is 6. The van der Waals surface area contributed by atoms with E-state index in [1.807, 2.05) is 12.1 Å². The minimum atomic E-state index is -0.110. The standard InChI is InChI=1S/C21H28N4O3/c1-14(2)5-7-22-20-12-23-17(11-24-20)21(26)25-8-6-15-9-18(27-3)19(28-4)10-16(15)13-25/h9-12,14H,5-8,13H2,1-4H3,(H,22,24). The van der Waals surface area contributed by atoms with Crippen molar-refractivity contribution in [1.82, 2.24) is 14.9 Å². The van der Waals surface area contributed by atoms with Gasteiger partial charge in [-0.2, -0.15) is 0 Å². The van der Waals surface area contributed by atoms with E-state index < -0.39 is 0 Å². The number of hydrogen-bond donors (Lipinski definition) is 1. The molecule has 0 radical (unpaired) electrons. The zero-order chi connectivity index (χ0) is 20.1. The van der Waals surface area contributed by atoms with E-state index in [-0.39, 0.29) is 5.91 Å². The molecule has 1 N–H and O–H groups in total. The number of carbonyl (C=O) groups excluding carboxylic acids is 1. The molecule has 0 saturated carbocycles. The van der Waals surface area contributed by atoms with Crippen LogP contribution in [-0.4, -0.2) is 48.1 Å². The van der Waals surface area contributed by atoms with E-state index in [9.17, 15) is 4.79 Å². The Bertz CT molecular complexity index is 821. The maximum absolute atomic E-state index is 12.8. The molecular weight excluding hydrogens is 356 g/mol. The van der Waals surface area contributed by atoms with Crippen LogP contribution in [0.3, 0.4) is 0 Å².